The molecule has 172 valence electrons. The first-order valence-electron chi connectivity index (χ1n) is 11.3. The quantitative estimate of drug-likeness (QED) is 0.350. The molecule has 0 saturated carbocycles. The van der Waals surface area contributed by atoms with Crippen molar-refractivity contribution in [1.82, 2.24) is 14.8 Å². The molecule has 0 aliphatic carbocycles. The van der Waals surface area contributed by atoms with Crippen molar-refractivity contribution >= 4 is 17.3 Å². The minimum atomic E-state index is -0.277. The second kappa shape index (κ2) is 9.93. The van der Waals surface area contributed by atoms with Crippen molar-refractivity contribution in [1.29, 1.82) is 5.26 Å². The number of Topliss-reactive ketones (excluding diaryl/α,β-unsaturated/α-hetero) is 2. The van der Waals surface area contributed by atoms with E-state index in [2.05, 4.69) is 34.8 Å². The second-order valence-corrected chi connectivity index (χ2v) is 9.47. The molecule has 3 rings (SSSR count). The van der Waals surface area contributed by atoms with Gasteiger partial charge in [-0.2, -0.15) is 5.26 Å². The molecule has 0 spiro atoms. The van der Waals surface area contributed by atoms with Crippen molar-refractivity contribution in [2.45, 2.75) is 52.1 Å². The Morgan fingerprint density at radius 1 is 1.31 bits per heavy atom. The molecule has 0 bridgehead atoms. The molecule has 2 saturated heterocycles. The Hall–Kier alpha value is -2.56. The Morgan fingerprint density at radius 2 is 1.97 bits per heavy atom. The maximum Gasteiger partial charge on any atom is 0.181 e. The zero-order valence-electron chi connectivity index (χ0n) is 19.9. The molecule has 7 heteroatoms. The molecule has 0 unspecified atom stereocenters. The monoisotopic (exact) mass is 438 g/mol. The van der Waals surface area contributed by atoms with Gasteiger partial charge in [0, 0.05) is 51.5 Å². The van der Waals surface area contributed by atoms with Crippen LogP contribution in [0.15, 0.2) is 17.8 Å². The number of ketones is 2. The first kappa shape index (κ1) is 24.1. The lowest BCUT2D eigenvalue weighted by molar-refractivity contribution is -0.113. The molecule has 0 atom stereocenters. The van der Waals surface area contributed by atoms with Crippen LogP contribution < -0.4 is 0 Å². The Kier molecular flexibility index (Phi) is 7.47. The van der Waals surface area contributed by atoms with Gasteiger partial charge in [0.1, 0.15) is 17.3 Å². The standard InChI is InChI=1S/C25H34N4O3/c1-17-14-27-22(23(31)7-6-19-15-28(4)16-19)12-20(17)24(21(13-26)18(2)30)29-10-8-25(3,32-5)9-11-29/h12,14,19H,6-11,15-16H2,1-5H3/b24-21+. The Labute approximate surface area is 191 Å². The third kappa shape index (κ3) is 5.25. The van der Waals surface area contributed by atoms with E-state index in [0.717, 1.165) is 43.5 Å². The Balaban J connectivity index is 1.91. The van der Waals surface area contributed by atoms with Crippen LogP contribution in [0.2, 0.25) is 0 Å². The number of carbonyl (C=O) groups is 2. The molecule has 2 aliphatic heterocycles. The van der Waals surface area contributed by atoms with Gasteiger partial charge in [-0.1, -0.05) is 0 Å². The third-order valence-corrected chi connectivity index (χ3v) is 6.89. The smallest absolute Gasteiger partial charge is 0.181 e. The van der Waals surface area contributed by atoms with E-state index < -0.39 is 0 Å². The fourth-order valence-corrected chi connectivity index (χ4v) is 4.57. The van der Waals surface area contributed by atoms with E-state index >= 15 is 0 Å². The molecule has 3 heterocycles. The largest absolute Gasteiger partial charge is 0.378 e. The number of piperidine rings is 1. The van der Waals surface area contributed by atoms with E-state index in [9.17, 15) is 14.9 Å². The van der Waals surface area contributed by atoms with Crippen LogP contribution >= 0.6 is 0 Å². The van der Waals surface area contributed by atoms with Gasteiger partial charge in [0.25, 0.3) is 0 Å². The van der Waals surface area contributed by atoms with Gasteiger partial charge < -0.3 is 14.5 Å². The lowest BCUT2D eigenvalue weighted by Gasteiger charge is -2.41. The molecule has 32 heavy (non-hydrogen) atoms. The fourth-order valence-electron chi connectivity index (χ4n) is 4.57. The van der Waals surface area contributed by atoms with Gasteiger partial charge >= 0.3 is 0 Å². The molecule has 7 nitrogen and oxygen atoms in total. The third-order valence-electron chi connectivity index (χ3n) is 6.89. The number of rotatable bonds is 8. The summed E-state index contributed by atoms with van der Waals surface area (Å²) in [4.78, 5) is 34.0. The normalized spacial score (nSPS) is 19.7. The number of methoxy groups -OCH3 is 1. The first-order chi connectivity index (χ1) is 15.2. The number of carbonyl (C=O) groups excluding carboxylic acids is 2. The predicted molar refractivity (Wildman–Crippen MR) is 123 cm³/mol. The lowest BCUT2D eigenvalue weighted by Crippen LogP contribution is -2.43. The van der Waals surface area contributed by atoms with E-state index in [4.69, 9.17) is 4.74 Å². The van der Waals surface area contributed by atoms with Crippen molar-refractivity contribution in [2.75, 3.05) is 40.3 Å². The highest BCUT2D eigenvalue weighted by atomic mass is 16.5. The summed E-state index contributed by atoms with van der Waals surface area (Å²) in [6.07, 6.45) is 4.57. The van der Waals surface area contributed by atoms with Crippen LogP contribution in [-0.4, -0.2) is 72.3 Å². The van der Waals surface area contributed by atoms with Gasteiger partial charge in [-0.05, 0) is 64.6 Å². The van der Waals surface area contributed by atoms with Crippen molar-refractivity contribution < 1.29 is 14.3 Å². The fraction of sp³-hybridized carbons (Fsp3) is 0.600. The first-order valence-corrected chi connectivity index (χ1v) is 11.3. The average Bonchev–Trinajstić information content (AvgIpc) is 2.75. The van der Waals surface area contributed by atoms with E-state index in [1.807, 2.05) is 6.92 Å². The minimum absolute atomic E-state index is 0.00656. The summed E-state index contributed by atoms with van der Waals surface area (Å²) in [6, 6.07) is 3.88. The number of nitrogens with zero attached hydrogens (tertiary/aromatic N) is 4. The average molecular weight is 439 g/mol. The van der Waals surface area contributed by atoms with Crippen LogP contribution in [0.1, 0.15) is 61.1 Å². The summed E-state index contributed by atoms with van der Waals surface area (Å²) in [5, 5.41) is 9.81. The van der Waals surface area contributed by atoms with Crippen LogP contribution in [0.3, 0.4) is 0 Å². The Morgan fingerprint density at radius 3 is 2.50 bits per heavy atom. The van der Waals surface area contributed by atoms with Gasteiger partial charge in [-0.25, -0.2) is 0 Å². The number of allylic oxidation sites excluding steroid dienone is 1. The highest BCUT2D eigenvalue weighted by Crippen LogP contribution is 2.33. The molecular weight excluding hydrogens is 404 g/mol. The van der Waals surface area contributed by atoms with Gasteiger partial charge in [-0.15, -0.1) is 0 Å². The Bertz CT molecular complexity index is 948. The maximum absolute atomic E-state index is 12.9. The van der Waals surface area contributed by atoms with Crippen LogP contribution in [-0.2, 0) is 9.53 Å². The molecular formula is C25H34N4O3. The van der Waals surface area contributed by atoms with E-state index in [-0.39, 0.29) is 22.7 Å². The number of hydrogen-bond acceptors (Lipinski definition) is 7. The molecule has 0 radical (unpaired) electrons. The van der Waals surface area contributed by atoms with Crippen molar-refractivity contribution in [3.63, 3.8) is 0 Å². The molecule has 2 aliphatic rings. The van der Waals surface area contributed by atoms with Crippen molar-refractivity contribution in [3.05, 3.63) is 34.7 Å². The van der Waals surface area contributed by atoms with E-state index in [1.54, 1.807) is 19.4 Å². The minimum Gasteiger partial charge on any atom is -0.378 e. The van der Waals surface area contributed by atoms with Crippen molar-refractivity contribution in [3.8, 4) is 6.07 Å². The summed E-state index contributed by atoms with van der Waals surface area (Å²) < 4.78 is 5.66. The number of pyridine rings is 1. The van der Waals surface area contributed by atoms with Crippen LogP contribution in [0.25, 0.3) is 5.70 Å². The maximum atomic E-state index is 12.9. The lowest BCUT2D eigenvalue weighted by atomic mass is 9.90. The summed E-state index contributed by atoms with van der Waals surface area (Å²) >= 11 is 0. The number of aromatic nitrogens is 1. The van der Waals surface area contributed by atoms with Gasteiger partial charge in [0.05, 0.1) is 11.3 Å². The van der Waals surface area contributed by atoms with Crippen LogP contribution in [0, 0.1) is 24.2 Å². The molecule has 0 N–H and O–H groups in total. The topological polar surface area (TPSA) is 86.5 Å². The highest BCUT2D eigenvalue weighted by molar-refractivity contribution is 6.05. The molecule has 0 amide bonds. The molecule has 1 aromatic heterocycles. The highest BCUT2D eigenvalue weighted by Gasteiger charge is 2.33. The number of aryl methyl sites for hydroxylation is 1. The SMILES string of the molecule is COC1(C)CCN(/C(=C(\C#N)C(C)=O)c2cc(C(=O)CCC3CN(C)C3)ncc2C)CC1. The zero-order chi connectivity index (χ0) is 23.5. The van der Waals surface area contributed by atoms with Crippen LogP contribution in [0.5, 0.6) is 0 Å². The number of hydrogen-bond donors (Lipinski definition) is 0. The predicted octanol–water partition coefficient (Wildman–Crippen LogP) is 3.24. The molecule has 2 fully saturated rings. The number of nitriles is 1. The van der Waals surface area contributed by atoms with Crippen molar-refractivity contribution in [2.24, 2.45) is 5.92 Å². The molecule has 1 aromatic rings. The van der Waals surface area contributed by atoms with Crippen LogP contribution in [0.4, 0.5) is 0 Å². The number of ether oxygens (including phenoxy) is 1. The van der Waals surface area contributed by atoms with E-state index in [0.29, 0.717) is 36.8 Å². The summed E-state index contributed by atoms with van der Waals surface area (Å²) in [6.45, 7) is 8.80. The molecule has 0 aromatic carbocycles. The summed E-state index contributed by atoms with van der Waals surface area (Å²) in [5.41, 5.74) is 2.49. The summed E-state index contributed by atoms with van der Waals surface area (Å²) in [7, 11) is 3.80. The second-order valence-electron chi connectivity index (χ2n) is 9.47. The summed E-state index contributed by atoms with van der Waals surface area (Å²) in [5.74, 6) is 0.295. The van der Waals surface area contributed by atoms with Gasteiger partial charge in [0.15, 0.2) is 11.6 Å². The number of likely N-dealkylation sites (tertiary alicyclic amines) is 2. The zero-order valence-corrected chi connectivity index (χ0v) is 19.9. The van der Waals surface area contributed by atoms with E-state index in [1.165, 1.54) is 6.92 Å². The van der Waals surface area contributed by atoms with Gasteiger partial charge in [-0.3, -0.25) is 14.6 Å². The van der Waals surface area contributed by atoms with Gasteiger partial charge in [0.2, 0.25) is 0 Å².